The molecule has 17 heavy (non-hydrogen) atoms. The number of amides is 2. The zero-order valence-electron chi connectivity index (χ0n) is 10.5. The lowest BCUT2D eigenvalue weighted by molar-refractivity contribution is -0.118. The van der Waals surface area contributed by atoms with Crippen LogP contribution in [0.3, 0.4) is 0 Å². The monoisotopic (exact) mass is 241 g/mol. The van der Waals surface area contributed by atoms with Crippen molar-refractivity contribution in [2.45, 2.75) is 26.2 Å². The summed E-state index contributed by atoms with van der Waals surface area (Å²) in [7, 11) is 0. The second-order valence-corrected chi connectivity index (χ2v) is 3.16. The van der Waals surface area contributed by atoms with E-state index in [1.807, 2.05) is 0 Å². The van der Waals surface area contributed by atoms with Crippen LogP contribution in [0, 0.1) is 0 Å². The van der Waals surface area contributed by atoms with Gasteiger partial charge in [-0.2, -0.15) is 0 Å². The van der Waals surface area contributed by atoms with Crippen molar-refractivity contribution in [1.82, 2.24) is 10.6 Å². The van der Waals surface area contributed by atoms with Crippen LogP contribution in [-0.2, 0) is 9.59 Å². The van der Waals surface area contributed by atoms with Gasteiger partial charge in [-0.25, -0.2) is 0 Å². The molecule has 0 aliphatic heterocycles. The molecule has 0 aliphatic rings. The van der Waals surface area contributed by atoms with Crippen LogP contribution >= 0.6 is 0 Å². The van der Waals surface area contributed by atoms with Crippen molar-refractivity contribution in [3.05, 3.63) is 25.3 Å². The zero-order chi connectivity index (χ0) is 13.5. The summed E-state index contributed by atoms with van der Waals surface area (Å²) in [4.78, 5) is 21.0. The number of rotatable bonds is 7. The van der Waals surface area contributed by atoms with Crippen LogP contribution in [0.2, 0.25) is 0 Å². The Hall–Kier alpha value is -1.62. The molecule has 5 nitrogen and oxygen atoms in total. The van der Waals surface area contributed by atoms with Gasteiger partial charge in [0.15, 0.2) is 0 Å². The van der Waals surface area contributed by atoms with E-state index >= 15 is 0 Å². The first-order valence-corrected chi connectivity index (χ1v) is 5.62. The highest BCUT2D eigenvalue weighted by molar-refractivity contribution is 5.89. The topological polar surface area (TPSA) is 84.2 Å². The van der Waals surface area contributed by atoms with Crippen LogP contribution in [0.1, 0.15) is 26.2 Å². The van der Waals surface area contributed by atoms with Gasteiger partial charge < -0.3 is 16.4 Å². The molecule has 5 heteroatoms. The van der Waals surface area contributed by atoms with E-state index in [1.165, 1.54) is 19.3 Å². The van der Waals surface area contributed by atoms with Gasteiger partial charge in [0.25, 0.3) is 0 Å². The van der Waals surface area contributed by atoms with Crippen molar-refractivity contribution in [3.63, 3.8) is 0 Å². The van der Waals surface area contributed by atoms with Gasteiger partial charge in [-0.15, -0.1) is 0 Å². The van der Waals surface area contributed by atoms with Crippen LogP contribution < -0.4 is 16.4 Å². The van der Waals surface area contributed by atoms with Gasteiger partial charge in [0.1, 0.15) is 0 Å². The van der Waals surface area contributed by atoms with E-state index in [9.17, 15) is 9.59 Å². The van der Waals surface area contributed by atoms with Crippen LogP contribution in [0.15, 0.2) is 25.3 Å². The molecule has 0 unspecified atom stereocenters. The van der Waals surface area contributed by atoms with Gasteiger partial charge in [0.2, 0.25) is 11.8 Å². The molecule has 0 rings (SSSR count). The van der Waals surface area contributed by atoms with Gasteiger partial charge in [0, 0.05) is 0 Å². The van der Waals surface area contributed by atoms with E-state index < -0.39 is 0 Å². The summed E-state index contributed by atoms with van der Waals surface area (Å²) in [6, 6.07) is 0. The summed E-state index contributed by atoms with van der Waals surface area (Å²) in [5, 5.41) is 4.72. The van der Waals surface area contributed by atoms with Gasteiger partial charge in [-0.3, -0.25) is 9.59 Å². The van der Waals surface area contributed by atoms with Crippen molar-refractivity contribution in [1.29, 1.82) is 0 Å². The number of carbonyl (C=O) groups is 2. The minimum absolute atomic E-state index is 0.0930. The predicted molar refractivity (Wildman–Crippen MR) is 70.1 cm³/mol. The number of carbonyl (C=O) groups excluding carboxylic acids is 2. The molecule has 0 aliphatic carbocycles. The highest BCUT2D eigenvalue weighted by Crippen LogP contribution is 1.88. The number of unbranched alkanes of at least 4 members (excludes halogenated alkanes) is 2. The van der Waals surface area contributed by atoms with Crippen molar-refractivity contribution < 1.29 is 9.59 Å². The molecule has 0 heterocycles. The van der Waals surface area contributed by atoms with E-state index in [4.69, 9.17) is 5.73 Å². The Kier molecular flexibility index (Phi) is 15.0. The summed E-state index contributed by atoms with van der Waals surface area (Å²) in [6.45, 7) is 9.59. The third-order valence-corrected chi connectivity index (χ3v) is 1.70. The van der Waals surface area contributed by atoms with Gasteiger partial charge in [-0.05, 0) is 25.1 Å². The molecule has 0 aromatic rings. The summed E-state index contributed by atoms with van der Waals surface area (Å²) >= 11 is 0. The quantitative estimate of drug-likeness (QED) is 0.348. The average molecular weight is 241 g/mol. The highest BCUT2D eigenvalue weighted by Gasteiger charge is 1.93. The minimum atomic E-state index is -0.325. The average Bonchev–Trinajstić information content (AvgIpc) is 2.36. The molecule has 0 saturated heterocycles. The summed E-state index contributed by atoms with van der Waals surface area (Å²) in [5.74, 6) is -0.649. The number of nitrogens with two attached hydrogens (primary N) is 1. The number of hydrogen-bond acceptors (Lipinski definition) is 3. The lowest BCUT2D eigenvalue weighted by Gasteiger charge is -2.01. The first-order chi connectivity index (χ1) is 8.12. The largest absolute Gasteiger partial charge is 0.335 e. The molecule has 0 radical (unpaired) electrons. The summed E-state index contributed by atoms with van der Waals surface area (Å²) < 4.78 is 0. The summed E-state index contributed by atoms with van der Waals surface area (Å²) in [5.41, 5.74) is 5.21. The maximum absolute atomic E-state index is 10.5. The van der Waals surface area contributed by atoms with E-state index in [1.54, 1.807) is 0 Å². The van der Waals surface area contributed by atoms with Gasteiger partial charge >= 0.3 is 0 Å². The van der Waals surface area contributed by atoms with E-state index in [0.29, 0.717) is 0 Å². The van der Waals surface area contributed by atoms with Crippen molar-refractivity contribution >= 4 is 11.8 Å². The zero-order valence-corrected chi connectivity index (χ0v) is 10.5. The normalized spacial score (nSPS) is 8.35. The SMILES string of the molecule is C=CC(=O)NCNC(=O)C=C.CCCCCN. The van der Waals surface area contributed by atoms with Crippen molar-refractivity contribution in [3.8, 4) is 0 Å². The Morgan fingerprint density at radius 1 is 1.12 bits per heavy atom. The Morgan fingerprint density at radius 2 is 1.59 bits per heavy atom. The van der Waals surface area contributed by atoms with Crippen LogP contribution in [0.5, 0.6) is 0 Å². The molecule has 0 spiro atoms. The predicted octanol–water partition coefficient (Wildman–Crippen LogP) is 0.684. The molecule has 0 fully saturated rings. The highest BCUT2D eigenvalue weighted by atomic mass is 16.2. The molecule has 0 bridgehead atoms. The first kappa shape index (κ1) is 17.8. The second-order valence-electron chi connectivity index (χ2n) is 3.16. The third kappa shape index (κ3) is 17.0. The molecule has 0 aromatic heterocycles. The second kappa shape index (κ2) is 14.4. The molecular formula is C12H23N3O2. The molecule has 98 valence electrons. The number of nitrogens with one attached hydrogen (secondary N) is 2. The Bertz CT molecular complexity index is 216. The van der Waals surface area contributed by atoms with E-state index in [-0.39, 0.29) is 18.5 Å². The Balaban J connectivity index is 0. The molecule has 4 N–H and O–H groups in total. The maximum atomic E-state index is 10.5. The van der Waals surface area contributed by atoms with Crippen molar-refractivity contribution in [2.24, 2.45) is 5.73 Å². The lowest BCUT2D eigenvalue weighted by atomic mass is 10.3. The fourth-order valence-electron chi connectivity index (χ4n) is 0.757. The fourth-order valence-corrected chi connectivity index (χ4v) is 0.757. The maximum Gasteiger partial charge on any atom is 0.244 e. The van der Waals surface area contributed by atoms with E-state index in [0.717, 1.165) is 18.7 Å². The van der Waals surface area contributed by atoms with Crippen LogP contribution in [-0.4, -0.2) is 25.0 Å². The third-order valence-electron chi connectivity index (χ3n) is 1.70. The van der Waals surface area contributed by atoms with Gasteiger partial charge in [0.05, 0.1) is 6.67 Å². The summed E-state index contributed by atoms with van der Waals surface area (Å²) in [6.07, 6.45) is 6.00. The molecular weight excluding hydrogens is 218 g/mol. The smallest absolute Gasteiger partial charge is 0.244 e. The van der Waals surface area contributed by atoms with Crippen LogP contribution in [0.4, 0.5) is 0 Å². The van der Waals surface area contributed by atoms with E-state index in [2.05, 4.69) is 30.7 Å². The molecule has 0 atom stereocenters. The minimum Gasteiger partial charge on any atom is -0.335 e. The van der Waals surface area contributed by atoms with Crippen molar-refractivity contribution in [2.75, 3.05) is 13.2 Å². The molecule has 0 aromatic carbocycles. The van der Waals surface area contributed by atoms with Crippen LogP contribution in [0.25, 0.3) is 0 Å². The van der Waals surface area contributed by atoms with Gasteiger partial charge in [-0.1, -0.05) is 32.9 Å². The Labute approximate surface area is 103 Å². The fraction of sp³-hybridized carbons (Fsp3) is 0.500. The number of hydrogen-bond donors (Lipinski definition) is 3. The molecule has 0 saturated carbocycles. The standard InChI is InChI=1S/C7H10N2O2.C5H13N/c1-3-6(10)8-5-9-7(11)4-2;1-2-3-4-5-6/h3-4H,1-2,5H2,(H,8,10)(H,9,11);2-6H2,1H3. The first-order valence-electron chi connectivity index (χ1n) is 5.62. The lowest BCUT2D eigenvalue weighted by Crippen LogP contribution is -2.35. The molecule has 2 amide bonds. The Morgan fingerprint density at radius 3 is 1.82 bits per heavy atom.